The maximum Gasteiger partial charge on any atom is 0.250 e. The van der Waals surface area contributed by atoms with Crippen molar-refractivity contribution in [2.75, 3.05) is 32.7 Å². The Hall–Kier alpha value is -3.52. The number of rotatable bonds is 6. The summed E-state index contributed by atoms with van der Waals surface area (Å²) in [5, 5.41) is 4.18. The third-order valence-corrected chi connectivity index (χ3v) is 7.30. The minimum atomic E-state index is -0.559. The molecule has 2 aliphatic heterocycles. The van der Waals surface area contributed by atoms with Crippen LogP contribution in [0.2, 0.25) is 0 Å². The minimum absolute atomic E-state index is 0.00296. The van der Waals surface area contributed by atoms with E-state index < -0.39 is 6.04 Å². The van der Waals surface area contributed by atoms with Gasteiger partial charge < -0.3 is 14.3 Å². The SMILES string of the molecule is Cc1ccc(-c2noc(C(C)N3CCN(C(=O)C(c4ccccc4)N4CCCCC4=O)CC3)n2)cc1. The molecule has 2 aromatic carbocycles. The van der Waals surface area contributed by atoms with E-state index in [0.29, 0.717) is 50.9 Å². The smallest absolute Gasteiger partial charge is 0.250 e. The van der Waals surface area contributed by atoms with Gasteiger partial charge in [0.2, 0.25) is 23.5 Å². The summed E-state index contributed by atoms with van der Waals surface area (Å²) in [5.41, 5.74) is 2.99. The maximum atomic E-state index is 13.7. The second-order valence-electron chi connectivity index (χ2n) is 9.72. The van der Waals surface area contributed by atoms with Crippen molar-refractivity contribution >= 4 is 11.8 Å². The fourth-order valence-electron chi connectivity index (χ4n) is 5.07. The summed E-state index contributed by atoms with van der Waals surface area (Å²) in [6.45, 7) is 7.31. The second-order valence-corrected chi connectivity index (χ2v) is 9.72. The molecule has 0 radical (unpaired) electrons. The molecule has 188 valence electrons. The Morgan fingerprint density at radius 2 is 1.67 bits per heavy atom. The number of benzene rings is 2. The lowest BCUT2D eigenvalue weighted by atomic mass is 9.99. The monoisotopic (exact) mass is 487 g/mol. The van der Waals surface area contributed by atoms with E-state index in [9.17, 15) is 9.59 Å². The Balaban J connectivity index is 1.25. The van der Waals surface area contributed by atoms with E-state index in [2.05, 4.69) is 22.0 Å². The molecular weight excluding hydrogens is 454 g/mol. The summed E-state index contributed by atoms with van der Waals surface area (Å²) in [6, 6.07) is 17.1. The Morgan fingerprint density at radius 1 is 0.944 bits per heavy atom. The first kappa shape index (κ1) is 24.2. The van der Waals surface area contributed by atoms with Gasteiger partial charge in [-0.25, -0.2) is 0 Å². The number of amides is 2. The first-order chi connectivity index (χ1) is 17.5. The molecule has 36 heavy (non-hydrogen) atoms. The van der Waals surface area contributed by atoms with Crippen molar-refractivity contribution in [2.45, 2.75) is 45.2 Å². The zero-order valence-corrected chi connectivity index (χ0v) is 21.0. The van der Waals surface area contributed by atoms with E-state index in [0.717, 1.165) is 24.0 Å². The predicted molar refractivity (Wildman–Crippen MR) is 136 cm³/mol. The molecule has 2 unspecified atom stereocenters. The quantitative estimate of drug-likeness (QED) is 0.523. The third-order valence-electron chi connectivity index (χ3n) is 7.30. The van der Waals surface area contributed by atoms with Crippen LogP contribution in [0, 0.1) is 6.92 Å². The number of nitrogens with zero attached hydrogens (tertiary/aromatic N) is 5. The summed E-state index contributed by atoms with van der Waals surface area (Å²) < 4.78 is 5.60. The molecule has 3 heterocycles. The molecule has 2 atom stereocenters. The molecule has 0 aliphatic carbocycles. The van der Waals surface area contributed by atoms with Gasteiger partial charge in [0.05, 0.1) is 6.04 Å². The second kappa shape index (κ2) is 10.6. The van der Waals surface area contributed by atoms with E-state index >= 15 is 0 Å². The molecular formula is C28H33N5O3. The fourth-order valence-corrected chi connectivity index (χ4v) is 5.07. The summed E-state index contributed by atoms with van der Waals surface area (Å²) in [7, 11) is 0. The lowest BCUT2D eigenvalue weighted by molar-refractivity contribution is -0.149. The van der Waals surface area contributed by atoms with Gasteiger partial charge in [-0.15, -0.1) is 0 Å². The molecule has 2 amide bonds. The molecule has 0 bridgehead atoms. The number of aromatic nitrogens is 2. The summed E-state index contributed by atoms with van der Waals surface area (Å²) in [6.07, 6.45) is 2.34. The highest BCUT2D eigenvalue weighted by molar-refractivity contribution is 5.89. The molecule has 1 aromatic heterocycles. The third kappa shape index (κ3) is 5.04. The van der Waals surface area contributed by atoms with E-state index in [-0.39, 0.29) is 17.9 Å². The maximum absolute atomic E-state index is 13.7. The zero-order valence-electron chi connectivity index (χ0n) is 21.0. The molecule has 2 fully saturated rings. The van der Waals surface area contributed by atoms with Gasteiger partial charge in [-0.2, -0.15) is 4.98 Å². The first-order valence-corrected chi connectivity index (χ1v) is 12.8. The highest BCUT2D eigenvalue weighted by atomic mass is 16.5. The van der Waals surface area contributed by atoms with Crippen LogP contribution in [0.1, 0.15) is 55.3 Å². The van der Waals surface area contributed by atoms with Crippen molar-refractivity contribution in [1.29, 1.82) is 0 Å². The van der Waals surface area contributed by atoms with Crippen molar-refractivity contribution in [3.8, 4) is 11.4 Å². The minimum Gasteiger partial charge on any atom is -0.338 e. The Bertz CT molecular complexity index is 1190. The van der Waals surface area contributed by atoms with Crippen molar-refractivity contribution in [1.82, 2.24) is 24.8 Å². The van der Waals surface area contributed by atoms with Crippen molar-refractivity contribution in [3.63, 3.8) is 0 Å². The van der Waals surface area contributed by atoms with E-state index in [1.165, 1.54) is 5.56 Å². The van der Waals surface area contributed by atoms with Gasteiger partial charge in [0.25, 0.3) is 0 Å². The molecule has 8 nitrogen and oxygen atoms in total. The Kier molecular flexibility index (Phi) is 7.13. The number of carbonyl (C=O) groups is 2. The van der Waals surface area contributed by atoms with Crippen LogP contribution in [-0.2, 0) is 9.59 Å². The normalized spacial score (nSPS) is 18.8. The number of hydrogen-bond donors (Lipinski definition) is 0. The molecule has 0 spiro atoms. The van der Waals surface area contributed by atoms with Crippen molar-refractivity contribution in [3.05, 3.63) is 71.6 Å². The topological polar surface area (TPSA) is 82.8 Å². The van der Waals surface area contributed by atoms with E-state index in [1.807, 2.05) is 66.4 Å². The number of hydrogen-bond acceptors (Lipinski definition) is 6. The van der Waals surface area contributed by atoms with Gasteiger partial charge in [0, 0.05) is 44.7 Å². The van der Waals surface area contributed by atoms with Gasteiger partial charge in [-0.3, -0.25) is 14.5 Å². The molecule has 2 aliphatic rings. The Morgan fingerprint density at radius 3 is 2.36 bits per heavy atom. The van der Waals surface area contributed by atoms with Gasteiger partial charge in [-0.1, -0.05) is 65.3 Å². The van der Waals surface area contributed by atoms with Gasteiger partial charge in [0.15, 0.2) is 0 Å². The number of aryl methyl sites for hydroxylation is 1. The van der Waals surface area contributed by atoms with Crippen LogP contribution in [-0.4, -0.2) is 69.4 Å². The van der Waals surface area contributed by atoms with Gasteiger partial charge in [0.1, 0.15) is 6.04 Å². The largest absolute Gasteiger partial charge is 0.338 e. The molecule has 3 aromatic rings. The predicted octanol–water partition coefficient (Wildman–Crippen LogP) is 4.00. The average molecular weight is 488 g/mol. The molecule has 2 saturated heterocycles. The van der Waals surface area contributed by atoms with Gasteiger partial charge in [-0.05, 0) is 32.3 Å². The summed E-state index contributed by atoms with van der Waals surface area (Å²) >= 11 is 0. The lowest BCUT2D eigenvalue weighted by Gasteiger charge is -2.41. The zero-order chi connectivity index (χ0) is 25.1. The number of carbonyl (C=O) groups excluding carboxylic acids is 2. The standard InChI is InChI=1S/C28H33N5O3/c1-20-11-13-23(14-12-20)26-29-27(36-30-26)21(2)31-16-18-32(19-17-31)28(35)25(22-8-4-3-5-9-22)33-15-7-6-10-24(33)34/h3-5,8-9,11-14,21,25H,6-7,10,15-19H2,1-2H3. The number of piperazine rings is 1. The molecule has 0 saturated carbocycles. The van der Waals surface area contributed by atoms with Crippen LogP contribution in [0.5, 0.6) is 0 Å². The van der Waals surface area contributed by atoms with Crippen LogP contribution in [0.15, 0.2) is 59.1 Å². The summed E-state index contributed by atoms with van der Waals surface area (Å²) in [5.74, 6) is 1.23. The first-order valence-electron chi connectivity index (χ1n) is 12.8. The average Bonchev–Trinajstić information content (AvgIpc) is 3.41. The lowest BCUT2D eigenvalue weighted by Crippen LogP contribution is -2.53. The summed E-state index contributed by atoms with van der Waals surface area (Å²) in [4.78, 5) is 37.1. The Labute approximate surface area is 211 Å². The van der Waals surface area contributed by atoms with Crippen LogP contribution >= 0.6 is 0 Å². The van der Waals surface area contributed by atoms with Crippen LogP contribution in [0.3, 0.4) is 0 Å². The highest BCUT2D eigenvalue weighted by Gasteiger charge is 2.37. The molecule has 5 rings (SSSR count). The van der Waals surface area contributed by atoms with Crippen LogP contribution < -0.4 is 0 Å². The number of piperidine rings is 1. The van der Waals surface area contributed by atoms with Crippen molar-refractivity contribution in [2.24, 2.45) is 0 Å². The molecule has 0 N–H and O–H groups in total. The highest BCUT2D eigenvalue weighted by Crippen LogP contribution is 2.29. The number of likely N-dealkylation sites (tertiary alicyclic amines) is 1. The van der Waals surface area contributed by atoms with E-state index in [1.54, 1.807) is 4.90 Å². The molecule has 8 heteroatoms. The fraction of sp³-hybridized carbons (Fsp3) is 0.429. The van der Waals surface area contributed by atoms with Gasteiger partial charge >= 0.3 is 0 Å². The van der Waals surface area contributed by atoms with Crippen molar-refractivity contribution < 1.29 is 14.1 Å². The van der Waals surface area contributed by atoms with E-state index in [4.69, 9.17) is 4.52 Å². The van der Waals surface area contributed by atoms with Crippen LogP contribution in [0.25, 0.3) is 11.4 Å². The van der Waals surface area contributed by atoms with Crippen LogP contribution in [0.4, 0.5) is 0 Å².